The molecule has 0 radical (unpaired) electrons. The molecule has 2 saturated heterocycles. The molecule has 0 saturated carbocycles. The van der Waals surface area contributed by atoms with Crippen molar-refractivity contribution in [2.45, 2.75) is 31.1 Å². The molecule has 2 aliphatic rings. The van der Waals surface area contributed by atoms with Crippen LogP contribution < -0.4 is 16.6 Å². The number of hydrazine groups is 1. The van der Waals surface area contributed by atoms with Gasteiger partial charge in [0, 0.05) is 25.2 Å². The van der Waals surface area contributed by atoms with Crippen molar-refractivity contribution in [2.75, 3.05) is 13.1 Å². The Hall–Kier alpha value is -1.01. The second kappa shape index (κ2) is 4.93. The summed E-state index contributed by atoms with van der Waals surface area (Å²) in [6.45, 7) is 2.01. The highest BCUT2D eigenvalue weighted by atomic mass is 19.1. The lowest BCUT2D eigenvalue weighted by Gasteiger charge is -2.22. The maximum atomic E-state index is 12.9. The van der Waals surface area contributed by atoms with Gasteiger partial charge in [-0.25, -0.2) is 15.2 Å². The molecule has 3 rings (SSSR count). The molecular formula is C13H19FN4. The lowest BCUT2D eigenvalue weighted by atomic mass is 10.0. The molecule has 2 heterocycles. The van der Waals surface area contributed by atoms with Crippen LogP contribution in [-0.2, 0) is 0 Å². The molecule has 3 unspecified atom stereocenters. The third-order valence-corrected chi connectivity index (χ3v) is 3.85. The number of halogens is 1. The Balaban J connectivity index is 1.63. The summed E-state index contributed by atoms with van der Waals surface area (Å²) in [5, 5.41) is 0. The van der Waals surface area contributed by atoms with Gasteiger partial charge < -0.3 is 5.73 Å². The minimum absolute atomic E-state index is 0.188. The first-order valence-corrected chi connectivity index (χ1v) is 6.48. The lowest BCUT2D eigenvalue weighted by molar-refractivity contribution is 0.215. The summed E-state index contributed by atoms with van der Waals surface area (Å²) in [5.74, 6) is -0.188. The normalized spacial score (nSPS) is 33.1. The first-order chi connectivity index (χ1) is 8.72. The molecule has 98 valence electrons. The van der Waals surface area contributed by atoms with Gasteiger partial charge in [-0.05, 0) is 30.5 Å². The monoisotopic (exact) mass is 250 g/mol. The van der Waals surface area contributed by atoms with Crippen molar-refractivity contribution < 1.29 is 4.39 Å². The summed E-state index contributed by atoms with van der Waals surface area (Å²) in [5.41, 5.74) is 13.6. The van der Waals surface area contributed by atoms with Crippen LogP contribution in [0.3, 0.4) is 0 Å². The van der Waals surface area contributed by atoms with E-state index in [1.807, 2.05) is 12.1 Å². The Morgan fingerprint density at radius 1 is 1.22 bits per heavy atom. The second-order valence-corrected chi connectivity index (χ2v) is 5.19. The van der Waals surface area contributed by atoms with E-state index >= 15 is 0 Å². The molecule has 3 atom stereocenters. The van der Waals surface area contributed by atoms with Crippen LogP contribution >= 0.6 is 0 Å². The average molecular weight is 250 g/mol. The highest BCUT2D eigenvalue weighted by molar-refractivity contribution is 5.20. The van der Waals surface area contributed by atoms with Gasteiger partial charge in [0.1, 0.15) is 5.82 Å². The van der Waals surface area contributed by atoms with E-state index in [2.05, 4.69) is 15.8 Å². The minimum atomic E-state index is -0.188. The number of benzene rings is 1. The van der Waals surface area contributed by atoms with E-state index in [0.29, 0.717) is 12.2 Å². The highest BCUT2D eigenvalue weighted by Crippen LogP contribution is 2.25. The second-order valence-electron chi connectivity index (χ2n) is 5.19. The van der Waals surface area contributed by atoms with Gasteiger partial charge in [-0.1, -0.05) is 12.1 Å². The molecule has 0 aliphatic carbocycles. The molecule has 0 bridgehead atoms. The van der Waals surface area contributed by atoms with Gasteiger partial charge in [-0.15, -0.1) is 0 Å². The van der Waals surface area contributed by atoms with Crippen LogP contribution in [-0.4, -0.2) is 30.2 Å². The van der Waals surface area contributed by atoms with Crippen molar-refractivity contribution in [1.29, 1.82) is 0 Å². The topological polar surface area (TPSA) is 53.3 Å². The van der Waals surface area contributed by atoms with Gasteiger partial charge in [0.15, 0.2) is 0 Å². The first kappa shape index (κ1) is 12.0. The van der Waals surface area contributed by atoms with Crippen molar-refractivity contribution in [3.05, 3.63) is 35.6 Å². The van der Waals surface area contributed by atoms with Crippen molar-refractivity contribution >= 4 is 0 Å². The van der Waals surface area contributed by atoms with Crippen LogP contribution in [0.5, 0.6) is 0 Å². The molecule has 2 aliphatic heterocycles. The molecule has 0 aromatic heterocycles. The standard InChI is InChI=1S/C13H19FN4/c14-10-3-1-9(2-4-10)12-7-13(17-16-12)18-6-5-11(15)8-18/h1-4,11-13,16-17H,5-8,15H2. The fraction of sp³-hybridized carbons (Fsp3) is 0.538. The Labute approximate surface area is 106 Å². The number of nitrogens with zero attached hydrogens (tertiary/aromatic N) is 1. The van der Waals surface area contributed by atoms with Gasteiger partial charge in [0.25, 0.3) is 0 Å². The average Bonchev–Trinajstić information content (AvgIpc) is 2.98. The number of nitrogens with one attached hydrogen (secondary N) is 2. The fourth-order valence-electron chi connectivity index (χ4n) is 2.79. The molecule has 1 aromatic rings. The van der Waals surface area contributed by atoms with Crippen LogP contribution in [0, 0.1) is 5.82 Å². The Bertz CT molecular complexity index is 408. The van der Waals surface area contributed by atoms with Crippen molar-refractivity contribution in [3.63, 3.8) is 0 Å². The van der Waals surface area contributed by atoms with E-state index in [-0.39, 0.29) is 11.9 Å². The van der Waals surface area contributed by atoms with Crippen molar-refractivity contribution in [2.24, 2.45) is 5.73 Å². The first-order valence-electron chi connectivity index (χ1n) is 6.48. The van der Waals surface area contributed by atoms with Crippen LogP contribution in [0.2, 0.25) is 0 Å². The molecule has 18 heavy (non-hydrogen) atoms. The third-order valence-electron chi connectivity index (χ3n) is 3.85. The molecule has 4 N–H and O–H groups in total. The fourth-order valence-corrected chi connectivity index (χ4v) is 2.79. The number of hydrogen-bond acceptors (Lipinski definition) is 4. The summed E-state index contributed by atoms with van der Waals surface area (Å²) in [6, 6.07) is 7.25. The molecular weight excluding hydrogens is 231 g/mol. The minimum Gasteiger partial charge on any atom is -0.326 e. The summed E-state index contributed by atoms with van der Waals surface area (Å²) in [7, 11) is 0. The zero-order valence-corrected chi connectivity index (χ0v) is 10.3. The van der Waals surface area contributed by atoms with Crippen LogP contribution in [0.1, 0.15) is 24.4 Å². The van der Waals surface area contributed by atoms with Crippen LogP contribution in [0.15, 0.2) is 24.3 Å². The molecule has 0 spiro atoms. The summed E-state index contributed by atoms with van der Waals surface area (Å²) >= 11 is 0. The zero-order valence-electron chi connectivity index (χ0n) is 10.3. The molecule has 5 heteroatoms. The number of hydrogen-bond donors (Lipinski definition) is 3. The molecule has 0 amide bonds. The van der Waals surface area contributed by atoms with E-state index in [1.54, 1.807) is 0 Å². The number of likely N-dealkylation sites (tertiary alicyclic amines) is 1. The van der Waals surface area contributed by atoms with Gasteiger partial charge in [-0.3, -0.25) is 4.90 Å². The predicted molar refractivity (Wildman–Crippen MR) is 68.0 cm³/mol. The number of rotatable bonds is 2. The van der Waals surface area contributed by atoms with Crippen molar-refractivity contribution in [3.8, 4) is 0 Å². The smallest absolute Gasteiger partial charge is 0.123 e. The van der Waals surface area contributed by atoms with E-state index < -0.39 is 0 Å². The maximum Gasteiger partial charge on any atom is 0.123 e. The summed E-state index contributed by atoms with van der Waals surface area (Å²) < 4.78 is 12.9. The van der Waals surface area contributed by atoms with Gasteiger partial charge >= 0.3 is 0 Å². The summed E-state index contributed by atoms with van der Waals surface area (Å²) in [4.78, 5) is 2.38. The van der Waals surface area contributed by atoms with Gasteiger partial charge in [-0.2, -0.15) is 0 Å². The molecule has 1 aromatic carbocycles. The molecule has 2 fully saturated rings. The quantitative estimate of drug-likeness (QED) is 0.724. The Morgan fingerprint density at radius 2 is 2.00 bits per heavy atom. The summed E-state index contributed by atoms with van der Waals surface area (Å²) in [6.07, 6.45) is 2.38. The van der Waals surface area contributed by atoms with Crippen LogP contribution in [0.4, 0.5) is 4.39 Å². The van der Waals surface area contributed by atoms with E-state index in [9.17, 15) is 4.39 Å². The predicted octanol–water partition coefficient (Wildman–Crippen LogP) is 0.724. The van der Waals surface area contributed by atoms with E-state index in [0.717, 1.165) is 31.5 Å². The maximum absolute atomic E-state index is 12.9. The van der Waals surface area contributed by atoms with E-state index in [4.69, 9.17) is 5.73 Å². The Kier molecular flexibility index (Phi) is 3.30. The largest absolute Gasteiger partial charge is 0.326 e. The van der Waals surface area contributed by atoms with Crippen molar-refractivity contribution in [1.82, 2.24) is 15.8 Å². The SMILES string of the molecule is NC1CCN(C2CC(c3ccc(F)cc3)NN2)C1. The van der Waals surface area contributed by atoms with E-state index in [1.165, 1.54) is 12.1 Å². The number of nitrogens with two attached hydrogens (primary N) is 1. The third kappa shape index (κ3) is 2.40. The lowest BCUT2D eigenvalue weighted by Crippen LogP contribution is -2.44. The molecule has 4 nitrogen and oxygen atoms in total. The van der Waals surface area contributed by atoms with Gasteiger partial charge in [0.05, 0.1) is 6.17 Å². The highest BCUT2D eigenvalue weighted by Gasteiger charge is 2.32. The van der Waals surface area contributed by atoms with Crippen LogP contribution in [0.25, 0.3) is 0 Å². The Morgan fingerprint density at radius 3 is 2.67 bits per heavy atom. The van der Waals surface area contributed by atoms with Gasteiger partial charge in [0.2, 0.25) is 0 Å². The zero-order chi connectivity index (χ0) is 12.5.